The van der Waals surface area contributed by atoms with Crippen molar-refractivity contribution in [3.8, 4) is 0 Å². The molecule has 2 rings (SSSR count). The molecule has 1 aromatic rings. The van der Waals surface area contributed by atoms with E-state index in [2.05, 4.69) is 15.3 Å². The number of rotatable bonds is 7. The number of alkyl halides is 3. The third-order valence-corrected chi connectivity index (χ3v) is 2.75. The van der Waals surface area contributed by atoms with Crippen molar-refractivity contribution in [1.29, 1.82) is 0 Å². The Balaban J connectivity index is 1.67. The van der Waals surface area contributed by atoms with E-state index in [1.165, 1.54) is 12.8 Å². The number of hydrogen-bond acceptors (Lipinski definition) is 4. The van der Waals surface area contributed by atoms with Crippen molar-refractivity contribution in [2.24, 2.45) is 5.92 Å². The lowest BCUT2D eigenvalue weighted by Crippen LogP contribution is -2.13. The standard InChI is InChI=1S/C12H16F3N3O/c13-12(14,15)10-4-6-17-11(18-10)16-5-1-7-19-8-9-2-3-9/h4,6,9H,1-3,5,7-8H2,(H,16,17,18). The largest absolute Gasteiger partial charge is 0.433 e. The molecule has 0 bridgehead atoms. The highest BCUT2D eigenvalue weighted by atomic mass is 19.4. The third-order valence-electron chi connectivity index (χ3n) is 2.75. The van der Waals surface area contributed by atoms with Crippen LogP contribution in [0.1, 0.15) is 25.0 Å². The van der Waals surface area contributed by atoms with Crippen LogP contribution in [0, 0.1) is 5.92 Å². The molecule has 0 spiro atoms. The van der Waals surface area contributed by atoms with Gasteiger partial charge in [0.05, 0.1) is 0 Å². The number of hydrogen-bond donors (Lipinski definition) is 1. The van der Waals surface area contributed by atoms with Gasteiger partial charge in [-0.3, -0.25) is 0 Å². The fourth-order valence-corrected chi connectivity index (χ4v) is 1.51. The van der Waals surface area contributed by atoms with Gasteiger partial charge >= 0.3 is 6.18 Å². The highest BCUT2D eigenvalue weighted by molar-refractivity contribution is 5.25. The van der Waals surface area contributed by atoms with E-state index in [0.717, 1.165) is 24.8 Å². The molecular weight excluding hydrogens is 259 g/mol. The van der Waals surface area contributed by atoms with E-state index in [0.29, 0.717) is 19.6 Å². The van der Waals surface area contributed by atoms with Gasteiger partial charge in [0.1, 0.15) is 5.69 Å². The van der Waals surface area contributed by atoms with Gasteiger partial charge in [0.2, 0.25) is 5.95 Å². The Kier molecular flexibility index (Phi) is 4.57. The second-order valence-electron chi connectivity index (χ2n) is 4.56. The van der Waals surface area contributed by atoms with Gasteiger partial charge in [-0.1, -0.05) is 0 Å². The molecule has 0 saturated heterocycles. The van der Waals surface area contributed by atoms with Crippen LogP contribution in [-0.2, 0) is 10.9 Å². The molecule has 7 heteroatoms. The molecule has 1 heterocycles. The first-order valence-electron chi connectivity index (χ1n) is 6.27. The summed E-state index contributed by atoms with van der Waals surface area (Å²) in [6.07, 6.45) is -0.131. The lowest BCUT2D eigenvalue weighted by molar-refractivity contribution is -0.141. The normalized spacial score (nSPS) is 15.5. The Bertz CT molecular complexity index is 407. The molecule has 1 N–H and O–H groups in total. The summed E-state index contributed by atoms with van der Waals surface area (Å²) in [6.45, 7) is 1.88. The van der Waals surface area contributed by atoms with Gasteiger partial charge in [0, 0.05) is 26.0 Å². The minimum atomic E-state index is -4.44. The second kappa shape index (κ2) is 6.18. The van der Waals surface area contributed by atoms with Crippen LogP contribution in [0.5, 0.6) is 0 Å². The number of nitrogens with one attached hydrogen (secondary N) is 1. The van der Waals surface area contributed by atoms with Crippen molar-refractivity contribution in [2.45, 2.75) is 25.4 Å². The summed E-state index contributed by atoms with van der Waals surface area (Å²) < 4.78 is 42.6. The average Bonchev–Trinajstić information content (AvgIpc) is 3.17. The first kappa shape index (κ1) is 14.0. The SMILES string of the molecule is FC(F)(F)c1ccnc(NCCCOCC2CC2)n1. The third kappa shape index (κ3) is 5.02. The number of halogens is 3. The van der Waals surface area contributed by atoms with Crippen LogP contribution in [0.2, 0.25) is 0 Å². The Labute approximate surface area is 109 Å². The predicted molar refractivity (Wildman–Crippen MR) is 63.7 cm³/mol. The topological polar surface area (TPSA) is 47.0 Å². The zero-order chi connectivity index (χ0) is 13.7. The van der Waals surface area contributed by atoms with E-state index in [1.54, 1.807) is 0 Å². The number of nitrogens with zero attached hydrogens (tertiary/aromatic N) is 2. The summed E-state index contributed by atoms with van der Waals surface area (Å²) in [5.41, 5.74) is -0.935. The zero-order valence-electron chi connectivity index (χ0n) is 10.4. The highest BCUT2D eigenvalue weighted by Crippen LogP contribution is 2.29. The van der Waals surface area contributed by atoms with E-state index in [-0.39, 0.29) is 5.95 Å². The van der Waals surface area contributed by atoms with Crippen molar-refractivity contribution >= 4 is 5.95 Å². The fourth-order valence-electron chi connectivity index (χ4n) is 1.51. The smallest absolute Gasteiger partial charge is 0.381 e. The first-order chi connectivity index (χ1) is 9.05. The molecule has 0 unspecified atom stereocenters. The van der Waals surface area contributed by atoms with E-state index >= 15 is 0 Å². The zero-order valence-corrected chi connectivity index (χ0v) is 10.4. The minimum Gasteiger partial charge on any atom is -0.381 e. The molecule has 0 aromatic carbocycles. The number of anilines is 1. The van der Waals surface area contributed by atoms with Crippen molar-refractivity contribution in [2.75, 3.05) is 25.1 Å². The molecular formula is C12H16F3N3O. The number of ether oxygens (including phenoxy) is 1. The van der Waals surface area contributed by atoms with Gasteiger partial charge in [0.15, 0.2) is 0 Å². The van der Waals surface area contributed by atoms with Gasteiger partial charge < -0.3 is 10.1 Å². The summed E-state index contributed by atoms with van der Waals surface area (Å²) >= 11 is 0. The molecule has 1 aromatic heterocycles. The van der Waals surface area contributed by atoms with Gasteiger partial charge in [-0.15, -0.1) is 0 Å². The van der Waals surface area contributed by atoms with Crippen molar-refractivity contribution in [3.05, 3.63) is 18.0 Å². The molecule has 0 atom stereocenters. The monoisotopic (exact) mass is 275 g/mol. The molecule has 1 aliphatic rings. The molecule has 0 amide bonds. The summed E-state index contributed by atoms with van der Waals surface area (Å²) in [6, 6.07) is 0.851. The van der Waals surface area contributed by atoms with Crippen LogP contribution in [-0.4, -0.2) is 29.7 Å². The van der Waals surface area contributed by atoms with E-state index in [4.69, 9.17) is 4.74 Å². The van der Waals surface area contributed by atoms with E-state index < -0.39 is 11.9 Å². The predicted octanol–water partition coefficient (Wildman–Crippen LogP) is 2.72. The molecule has 1 aliphatic carbocycles. The van der Waals surface area contributed by atoms with Crippen LogP contribution in [0.25, 0.3) is 0 Å². The molecule has 0 radical (unpaired) electrons. The maximum Gasteiger partial charge on any atom is 0.433 e. The summed E-state index contributed by atoms with van der Waals surface area (Å²) in [5, 5.41) is 2.76. The average molecular weight is 275 g/mol. The fraction of sp³-hybridized carbons (Fsp3) is 0.667. The van der Waals surface area contributed by atoms with Crippen LogP contribution in [0.3, 0.4) is 0 Å². The van der Waals surface area contributed by atoms with Crippen molar-refractivity contribution < 1.29 is 17.9 Å². The van der Waals surface area contributed by atoms with Crippen LogP contribution in [0.15, 0.2) is 12.3 Å². The summed E-state index contributed by atoms with van der Waals surface area (Å²) in [7, 11) is 0. The van der Waals surface area contributed by atoms with Crippen LogP contribution < -0.4 is 5.32 Å². The molecule has 1 fully saturated rings. The Morgan fingerprint density at radius 2 is 2.16 bits per heavy atom. The minimum absolute atomic E-state index is 0.00276. The maximum atomic E-state index is 12.4. The molecule has 4 nitrogen and oxygen atoms in total. The lowest BCUT2D eigenvalue weighted by Gasteiger charge is -2.08. The Hall–Kier alpha value is -1.37. The second-order valence-corrected chi connectivity index (χ2v) is 4.56. The first-order valence-corrected chi connectivity index (χ1v) is 6.27. The Morgan fingerprint density at radius 1 is 1.37 bits per heavy atom. The molecule has 1 saturated carbocycles. The quantitative estimate of drug-likeness (QED) is 0.777. The molecule has 0 aliphatic heterocycles. The maximum absolute atomic E-state index is 12.4. The van der Waals surface area contributed by atoms with Crippen molar-refractivity contribution in [3.63, 3.8) is 0 Å². The lowest BCUT2D eigenvalue weighted by atomic mass is 10.4. The van der Waals surface area contributed by atoms with Crippen molar-refractivity contribution in [1.82, 2.24) is 9.97 Å². The molecule has 19 heavy (non-hydrogen) atoms. The van der Waals surface area contributed by atoms with Gasteiger partial charge in [-0.25, -0.2) is 9.97 Å². The molecule has 106 valence electrons. The van der Waals surface area contributed by atoms with Gasteiger partial charge in [-0.2, -0.15) is 13.2 Å². The summed E-state index contributed by atoms with van der Waals surface area (Å²) in [4.78, 5) is 7.16. The van der Waals surface area contributed by atoms with E-state index in [9.17, 15) is 13.2 Å². The summed E-state index contributed by atoms with van der Waals surface area (Å²) in [5.74, 6) is 0.719. The highest BCUT2D eigenvalue weighted by Gasteiger charge is 2.32. The van der Waals surface area contributed by atoms with Gasteiger partial charge in [-0.05, 0) is 31.2 Å². The van der Waals surface area contributed by atoms with E-state index in [1.807, 2.05) is 0 Å². The number of aromatic nitrogens is 2. The Morgan fingerprint density at radius 3 is 2.84 bits per heavy atom. The van der Waals surface area contributed by atoms with Crippen LogP contribution >= 0.6 is 0 Å². The van der Waals surface area contributed by atoms with Crippen LogP contribution in [0.4, 0.5) is 19.1 Å². The van der Waals surface area contributed by atoms with Gasteiger partial charge in [0.25, 0.3) is 0 Å².